The van der Waals surface area contributed by atoms with E-state index in [0.717, 1.165) is 13.1 Å². The van der Waals surface area contributed by atoms with Crippen molar-refractivity contribution in [1.82, 2.24) is 15.1 Å². The number of hydrogen-bond donors (Lipinski definition) is 1. The number of hydrogen-bond acceptors (Lipinski definition) is 2. The Hall–Kier alpha value is -0.830. The van der Waals surface area contributed by atoms with Crippen molar-refractivity contribution in [2.24, 2.45) is 0 Å². The SMILES string of the molecule is CCC(CC)NCCn1cc(C)cn1. The van der Waals surface area contributed by atoms with Gasteiger partial charge in [0, 0.05) is 18.8 Å². The summed E-state index contributed by atoms with van der Waals surface area (Å²) in [5.74, 6) is 0. The van der Waals surface area contributed by atoms with Crippen LogP contribution < -0.4 is 5.32 Å². The van der Waals surface area contributed by atoms with E-state index in [1.807, 2.05) is 10.9 Å². The Balaban J connectivity index is 2.21. The van der Waals surface area contributed by atoms with Crippen LogP contribution in [-0.4, -0.2) is 22.4 Å². The Morgan fingerprint density at radius 3 is 2.64 bits per heavy atom. The third-order valence-electron chi connectivity index (χ3n) is 2.52. The first kappa shape index (κ1) is 11.2. The lowest BCUT2D eigenvalue weighted by atomic mass is 10.2. The summed E-state index contributed by atoms with van der Waals surface area (Å²) >= 11 is 0. The predicted octanol–water partition coefficient (Wildman–Crippen LogP) is 1.97. The van der Waals surface area contributed by atoms with Crippen molar-refractivity contribution >= 4 is 0 Å². The van der Waals surface area contributed by atoms with Crippen LogP contribution in [0.25, 0.3) is 0 Å². The second-order valence-corrected chi connectivity index (χ2v) is 3.75. The van der Waals surface area contributed by atoms with E-state index in [1.54, 1.807) is 0 Å². The van der Waals surface area contributed by atoms with Crippen molar-refractivity contribution in [3.05, 3.63) is 18.0 Å². The second-order valence-electron chi connectivity index (χ2n) is 3.75. The zero-order valence-corrected chi connectivity index (χ0v) is 9.45. The molecule has 0 aliphatic heterocycles. The highest BCUT2D eigenvalue weighted by Crippen LogP contribution is 1.96. The molecule has 1 aromatic heterocycles. The summed E-state index contributed by atoms with van der Waals surface area (Å²) in [7, 11) is 0. The van der Waals surface area contributed by atoms with Gasteiger partial charge >= 0.3 is 0 Å². The van der Waals surface area contributed by atoms with E-state index in [9.17, 15) is 0 Å². The molecular weight excluding hydrogens is 174 g/mol. The van der Waals surface area contributed by atoms with Crippen LogP contribution in [0.4, 0.5) is 0 Å². The highest BCUT2D eigenvalue weighted by atomic mass is 15.3. The quantitative estimate of drug-likeness (QED) is 0.752. The Labute approximate surface area is 86.5 Å². The number of nitrogens with zero attached hydrogens (tertiary/aromatic N) is 2. The van der Waals surface area contributed by atoms with Gasteiger partial charge in [0.1, 0.15) is 0 Å². The van der Waals surface area contributed by atoms with Gasteiger partial charge in [-0.15, -0.1) is 0 Å². The fourth-order valence-corrected chi connectivity index (χ4v) is 1.55. The molecule has 0 unspecified atom stereocenters. The number of rotatable bonds is 6. The average molecular weight is 195 g/mol. The lowest BCUT2D eigenvalue weighted by Crippen LogP contribution is -2.30. The van der Waals surface area contributed by atoms with Crippen molar-refractivity contribution < 1.29 is 0 Å². The molecule has 3 nitrogen and oxygen atoms in total. The molecule has 80 valence electrons. The molecule has 0 aliphatic rings. The van der Waals surface area contributed by atoms with E-state index in [-0.39, 0.29) is 0 Å². The van der Waals surface area contributed by atoms with Crippen LogP contribution in [0.3, 0.4) is 0 Å². The molecule has 0 aliphatic carbocycles. The minimum atomic E-state index is 0.659. The first-order chi connectivity index (χ1) is 6.76. The molecule has 1 aromatic rings. The van der Waals surface area contributed by atoms with Crippen LogP contribution in [-0.2, 0) is 6.54 Å². The molecule has 0 saturated carbocycles. The molecule has 1 heterocycles. The largest absolute Gasteiger partial charge is 0.312 e. The predicted molar refractivity (Wildman–Crippen MR) is 59.3 cm³/mol. The van der Waals surface area contributed by atoms with Gasteiger partial charge in [-0.25, -0.2) is 0 Å². The van der Waals surface area contributed by atoms with Crippen LogP contribution in [0.5, 0.6) is 0 Å². The van der Waals surface area contributed by atoms with Crippen LogP contribution in [0, 0.1) is 6.92 Å². The third kappa shape index (κ3) is 3.50. The van der Waals surface area contributed by atoms with Crippen molar-refractivity contribution in [2.45, 2.75) is 46.2 Å². The molecule has 0 atom stereocenters. The Kier molecular flexibility index (Phi) is 4.66. The van der Waals surface area contributed by atoms with Crippen LogP contribution in [0.2, 0.25) is 0 Å². The summed E-state index contributed by atoms with van der Waals surface area (Å²) in [6.07, 6.45) is 6.38. The zero-order chi connectivity index (χ0) is 10.4. The highest BCUT2D eigenvalue weighted by Gasteiger charge is 2.01. The molecule has 0 saturated heterocycles. The van der Waals surface area contributed by atoms with E-state index in [0.29, 0.717) is 6.04 Å². The molecule has 0 spiro atoms. The van der Waals surface area contributed by atoms with E-state index in [2.05, 4.69) is 37.4 Å². The normalized spacial score (nSPS) is 11.1. The smallest absolute Gasteiger partial charge is 0.0534 e. The lowest BCUT2D eigenvalue weighted by Gasteiger charge is -2.14. The molecule has 0 amide bonds. The second kappa shape index (κ2) is 5.81. The van der Waals surface area contributed by atoms with Gasteiger partial charge < -0.3 is 5.32 Å². The Bertz CT molecular complexity index is 251. The third-order valence-corrected chi connectivity index (χ3v) is 2.52. The van der Waals surface area contributed by atoms with Gasteiger partial charge in [-0.3, -0.25) is 4.68 Å². The number of aryl methyl sites for hydroxylation is 1. The summed E-state index contributed by atoms with van der Waals surface area (Å²) in [5.41, 5.74) is 1.23. The summed E-state index contributed by atoms with van der Waals surface area (Å²) in [6.45, 7) is 8.48. The van der Waals surface area contributed by atoms with Gasteiger partial charge in [-0.1, -0.05) is 13.8 Å². The van der Waals surface area contributed by atoms with Crippen LogP contribution >= 0.6 is 0 Å². The molecule has 14 heavy (non-hydrogen) atoms. The summed E-state index contributed by atoms with van der Waals surface area (Å²) in [5, 5.41) is 7.76. The minimum Gasteiger partial charge on any atom is -0.312 e. The first-order valence-electron chi connectivity index (χ1n) is 5.48. The fraction of sp³-hybridized carbons (Fsp3) is 0.727. The van der Waals surface area contributed by atoms with E-state index in [1.165, 1.54) is 18.4 Å². The van der Waals surface area contributed by atoms with Crippen molar-refractivity contribution in [1.29, 1.82) is 0 Å². The maximum atomic E-state index is 4.24. The zero-order valence-electron chi connectivity index (χ0n) is 9.45. The Morgan fingerprint density at radius 2 is 2.14 bits per heavy atom. The van der Waals surface area contributed by atoms with E-state index in [4.69, 9.17) is 0 Å². The topological polar surface area (TPSA) is 29.9 Å². The molecule has 0 radical (unpaired) electrons. The van der Waals surface area contributed by atoms with Gasteiger partial charge in [0.25, 0.3) is 0 Å². The molecular formula is C11H21N3. The highest BCUT2D eigenvalue weighted by molar-refractivity contribution is 4.99. The maximum absolute atomic E-state index is 4.24. The van der Waals surface area contributed by atoms with Crippen molar-refractivity contribution in [3.63, 3.8) is 0 Å². The Morgan fingerprint density at radius 1 is 1.43 bits per heavy atom. The average Bonchev–Trinajstić information content (AvgIpc) is 2.59. The van der Waals surface area contributed by atoms with Crippen molar-refractivity contribution in [3.8, 4) is 0 Å². The molecule has 3 heteroatoms. The fourth-order valence-electron chi connectivity index (χ4n) is 1.55. The number of aromatic nitrogens is 2. The summed E-state index contributed by atoms with van der Waals surface area (Å²) in [4.78, 5) is 0. The summed E-state index contributed by atoms with van der Waals surface area (Å²) in [6, 6.07) is 0.659. The standard InChI is InChI=1S/C11H21N3/c1-4-11(5-2)12-6-7-14-9-10(3)8-13-14/h8-9,11-12H,4-7H2,1-3H3. The lowest BCUT2D eigenvalue weighted by molar-refractivity contribution is 0.454. The first-order valence-corrected chi connectivity index (χ1v) is 5.48. The van der Waals surface area contributed by atoms with E-state index < -0.39 is 0 Å². The van der Waals surface area contributed by atoms with Gasteiger partial charge in [-0.05, 0) is 25.3 Å². The van der Waals surface area contributed by atoms with Gasteiger partial charge in [0.15, 0.2) is 0 Å². The maximum Gasteiger partial charge on any atom is 0.0534 e. The molecule has 0 bridgehead atoms. The molecule has 1 N–H and O–H groups in total. The molecule has 0 fully saturated rings. The molecule has 0 aromatic carbocycles. The number of nitrogens with one attached hydrogen (secondary N) is 1. The van der Waals surface area contributed by atoms with Crippen molar-refractivity contribution in [2.75, 3.05) is 6.54 Å². The van der Waals surface area contributed by atoms with E-state index >= 15 is 0 Å². The van der Waals surface area contributed by atoms with Gasteiger partial charge in [0.05, 0.1) is 12.7 Å². The van der Waals surface area contributed by atoms with Crippen LogP contribution in [0.15, 0.2) is 12.4 Å². The van der Waals surface area contributed by atoms with Crippen LogP contribution in [0.1, 0.15) is 32.3 Å². The van der Waals surface area contributed by atoms with Gasteiger partial charge in [0.2, 0.25) is 0 Å². The monoisotopic (exact) mass is 195 g/mol. The summed E-state index contributed by atoms with van der Waals surface area (Å²) < 4.78 is 1.99. The molecule has 1 rings (SSSR count). The minimum absolute atomic E-state index is 0.659. The van der Waals surface area contributed by atoms with Gasteiger partial charge in [-0.2, -0.15) is 5.10 Å².